The standard InChI is InChI=1S/C41H31N3O2/c1-27(45)46-24-10-23-42-36-21-19-28(43-38-15-6-2-11-30(38)31-12-3-7-16-39(31)43)25-34(36)35-26-29(20-22-37(35)42)44-40-17-8-4-13-32(40)33-14-5-9-18-41(33)44/h2-9,11-22,25-26H,10,23-24H2,1H3. The van der Waals surface area contributed by atoms with E-state index in [1.165, 1.54) is 72.3 Å². The topological polar surface area (TPSA) is 41.1 Å². The number of aryl methyl sites for hydroxylation is 1. The molecule has 3 aromatic heterocycles. The highest BCUT2D eigenvalue weighted by atomic mass is 16.5. The summed E-state index contributed by atoms with van der Waals surface area (Å²) in [6, 6.07) is 48.2. The largest absolute Gasteiger partial charge is 0.466 e. The van der Waals surface area contributed by atoms with Crippen LogP contribution in [0.5, 0.6) is 0 Å². The van der Waals surface area contributed by atoms with E-state index in [0.717, 1.165) is 24.3 Å². The lowest BCUT2D eigenvalue weighted by atomic mass is 10.1. The summed E-state index contributed by atoms with van der Waals surface area (Å²) in [5.74, 6) is -0.242. The van der Waals surface area contributed by atoms with E-state index in [9.17, 15) is 4.79 Å². The van der Waals surface area contributed by atoms with Crippen LogP contribution >= 0.6 is 0 Å². The van der Waals surface area contributed by atoms with Crippen molar-refractivity contribution in [3.05, 3.63) is 133 Å². The van der Waals surface area contributed by atoms with Gasteiger partial charge in [0.1, 0.15) is 0 Å². The summed E-state index contributed by atoms with van der Waals surface area (Å²) in [7, 11) is 0. The molecule has 0 aliphatic heterocycles. The van der Waals surface area contributed by atoms with Crippen molar-refractivity contribution in [2.24, 2.45) is 0 Å². The molecule has 3 heterocycles. The Kier molecular flexibility index (Phi) is 6.00. The number of para-hydroxylation sites is 4. The zero-order valence-corrected chi connectivity index (χ0v) is 25.5. The minimum atomic E-state index is -0.242. The molecule has 0 atom stereocenters. The lowest BCUT2D eigenvalue weighted by molar-refractivity contribution is -0.141. The van der Waals surface area contributed by atoms with E-state index >= 15 is 0 Å². The molecule has 0 aliphatic rings. The fourth-order valence-corrected chi connectivity index (χ4v) is 7.44. The Balaban J connectivity index is 1.30. The summed E-state index contributed by atoms with van der Waals surface area (Å²) in [5.41, 5.74) is 9.37. The average molecular weight is 598 g/mol. The van der Waals surface area contributed by atoms with E-state index in [1.807, 2.05) is 0 Å². The Hall–Kier alpha value is -5.81. The molecule has 46 heavy (non-hydrogen) atoms. The van der Waals surface area contributed by atoms with Gasteiger partial charge >= 0.3 is 5.97 Å². The first kappa shape index (κ1) is 26.6. The molecule has 0 saturated carbocycles. The second-order valence-corrected chi connectivity index (χ2v) is 12.0. The first-order chi connectivity index (χ1) is 22.7. The molecule has 0 N–H and O–H groups in total. The number of hydrogen-bond acceptors (Lipinski definition) is 2. The highest BCUT2D eigenvalue weighted by Crippen LogP contribution is 2.38. The molecule has 0 spiro atoms. The van der Waals surface area contributed by atoms with Crippen LogP contribution in [0.3, 0.4) is 0 Å². The van der Waals surface area contributed by atoms with Gasteiger partial charge in [-0.05, 0) is 67.1 Å². The highest BCUT2D eigenvalue weighted by Gasteiger charge is 2.18. The molecule has 0 radical (unpaired) electrons. The monoisotopic (exact) mass is 597 g/mol. The van der Waals surface area contributed by atoms with Gasteiger partial charge in [-0.2, -0.15) is 0 Å². The Morgan fingerprint density at radius 1 is 0.500 bits per heavy atom. The molecule has 0 amide bonds. The SMILES string of the molecule is CC(=O)OCCCn1c2ccc(-n3c4ccccc4c4ccccc43)cc2c2cc(-n3c4ccccc4c4ccccc43)ccc21. The van der Waals surface area contributed by atoms with Crippen molar-refractivity contribution in [3.63, 3.8) is 0 Å². The molecule has 222 valence electrons. The number of benzene rings is 6. The zero-order valence-electron chi connectivity index (χ0n) is 25.5. The fraction of sp³-hybridized carbons (Fsp3) is 0.0976. The molecule has 0 fully saturated rings. The molecule has 0 saturated heterocycles. The first-order valence-electron chi connectivity index (χ1n) is 15.8. The zero-order chi connectivity index (χ0) is 30.8. The number of aromatic nitrogens is 3. The minimum absolute atomic E-state index is 0.242. The fourth-order valence-electron chi connectivity index (χ4n) is 7.44. The third kappa shape index (κ3) is 3.98. The maximum absolute atomic E-state index is 11.5. The van der Waals surface area contributed by atoms with Crippen molar-refractivity contribution in [1.82, 2.24) is 13.7 Å². The van der Waals surface area contributed by atoms with Gasteiger partial charge in [-0.1, -0.05) is 72.8 Å². The second-order valence-electron chi connectivity index (χ2n) is 12.0. The van der Waals surface area contributed by atoms with Crippen LogP contribution in [0.15, 0.2) is 133 Å². The first-order valence-corrected chi connectivity index (χ1v) is 15.8. The van der Waals surface area contributed by atoms with Crippen LogP contribution in [0.25, 0.3) is 76.8 Å². The molecule has 0 aliphatic carbocycles. The van der Waals surface area contributed by atoms with Crippen molar-refractivity contribution >= 4 is 71.4 Å². The van der Waals surface area contributed by atoms with Crippen molar-refractivity contribution < 1.29 is 9.53 Å². The molecule has 5 nitrogen and oxygen atoms in total. The summed E-state index contributed by atoms with van der Waals surface area (Å²) in [6.45, 7) is 2.61. The van der Waals surface area contributed by atoms with Crippen LogP contribution in [0.4, 0.5) is 0 Å². The number of nitrogens with zero attached hydrogens (tertiary/aromatic N) is 3. The van der Waals surface area contributed by atoms with E-state index < -0.39 is 0 Å². The molecule has 5 heteroatoms. The normalized spacial score (nSPS) is 11.9. The lowest BCUT2D eigenvalue weighted by Crippen LogP contribution is -2.05. The smallest absolute Gasteiger partial charge is 0.302 e. The number of esters is 1. The maximum atomic E-state index is 11.5. The maximum Gasteiger partial charge on any atom is 0.302 e. The van der Waals surface area contributed by atoms with Gasteiger partial charge in [0, 0.05) is 68.2 Å². The molecule has 6 aromatic carbocycles. The van der Waals surface area contributed by atoms with Crippen molar-refractivity contribution in [2.45, 2.75) is 19.9 Å². The molecule has 9 rings (SSSR count). The van der Waals surface area contributed by atoms with Gasteiger partial charge in [-0.25, -0.2) is 0 Å². The number of carbonyl (C=O) groups excluding carboxylic acids is 1. The third-order valence-corrected chi connectivity index (χ3v) is 9.34. The van der Waals surface area contributed by atoms with Crippen molar-refractivity contribution in [3.8, 4) is 11.4 Å². The van der Waals surface area contributed by atoms with Gasteiger partial charge < -0.3 is 18.4 Å². The number of ether oxygens (including phenoxy) is 1. The summed E-state index contributed by atoms with van der Waals surface area (Å²) < 4.78 is 12.4. The van der Waals surface area contributed by atoms with Crippen molar-refractivity contribution in [2.75, 3.05) is 6.61 Å². The average Bonchev–Trinajstić information content (AvgIpc) is 3.72. The summed E-state index contributed by atoms with van der Waals surface area (Å²) in [4.78, 5) is 11.5. The summed E-state index contributed by atoms with van der Waals surface area (Å²) in [5, 5.41) is 7.40. The van der Waals surface area contributed by atoms with Gasteiger partial charge in [-0.15, -0.1) is 0 Å². The lowest BCUT2D eigenvalue weighted by Gasteiger charge is -2.10. The van der Waals surface area contributed by atoms with Gasteiger partial charge in [0.15, 0.2) is 0 Å². The Morgan fingerprint density at radius 2 is 0.891 bits per heavy atom. The predicted octanol–water partition coefficient (Wildman–Crippen LogP) is 9.94. The Labute approximate surface area is 265 Å². The molecule has 0 bridgehead atoms. The number of rotatable bonds is 6. The quantitative estimate of drug-likeness (QED) is 0.141. The van der Waals surface area contributed by atoms with E-state index in [4.69, 9.17) is 4.74 Å². The highest BCUT2D eigenvalue weighted by molar-refractivity contribution is 6.13. The second kappa shape index (κ2) is 10.4. The van der Waals surface area contributed by atoms with Gasteiger partial charge in [-0.3, -0.25) is 4.79 Å². The number of hydrogen-bond donors (Lipinski definition) is 0. The van der Waals surface area contributed by atoms with Crippen LogP contribution in [0, 0.1) is 0 Å². The van der Waals surface area contributed by atoms with Gasteiger partial charge in [0.05, 0.1) is 28.7 Å². The number of fused-ring (bicyclic) bond motifs is 9. The van der Waals surface area contributed by atoms with Crippen LogP contribution in [0.1, 0.15) is 13.3 Å². The van der Waals surface area contributed by atoms with Gasteiger partial charge in [0.2, 0.25) is 0 Å². The summed E-state index contributed by atoms with van der Waals surface area (Å²) >= 11 is 0. The van der Waals surface area contributed by atoms with Crippen LogP contribution in [-0.2, 0) is 16.1 Å². The van der Waals surface area contributed by atoms with E-state index in [0.29, 0.717) is 6.61 Å². The van der Waals surface area contributed by atoms with E-state index in [1.54, 1.807) is 0 Å². The molecular formula is C41H31N3O2. The third-order valence-electron chi connectivity index (χ3n) is 9.34. The minimum Gasteiger partial charge on any atom is -0.466 e. The van der Waals surface area contributed by atoms with Crippen LogP contribution < -0.4 is 0 Å². The number of carbonyl (C=O) groups is 1. The Bertz CT molecular complexity index is 2360. The Morgan fingerprint density at radius 3 is 1.28 bits per heavy atom. The van der Waals surface area contributed by atoms with Crippen molar-refractivity contribution in [1.29, 1.82) is 0 Å². The van der Waals surface area contributed by atoms with Crippen LogP contribution in [0.2, 0.25) is 0 Å². The van der Waals surface area contributed by atoms with Crippen LogP contribution in [-0.4, -0.2) is 26.3 Å². The molecule has 0 unspecified atom stereocenters. The molecular weight excluding hydrogens is 566 g/mol. The van der Waals surface area contributed by atoms with E-state index in [2.05, 4.69) is 147 Å². The summed E-state index contributed by atoms with van der Waals surface area (Å²) in [6.07, 6.45) is 0.738. The predicted molar refractivity (Wildman–Crippen MR) is 189 cm³/mol. The van der Waals surface area contributed by atoms with Gasteiger partial charge in [0.25, 0.3) is 0 Å². The van der Waals surface area contributed by atoms with E-state index in [-0.39, 0.29) is 5.97 Å². The molecule has 9 aromatic rings.